The van der Waals surface area contributed by atoms with Gasteiger partial charge in [-0.25, -0.2) is 4.79 Å². The molecular formula is C23H33N3O3. The number of ether oxygens (including phenoxy) is 1. The molecule has 2 heterocycles. The van der Waals surface area contributed by atoms with Crippen molar-refractivity contribution in [2.45, 2.75) is 64.4 Å². The summed E-state index contributed by atoms with van der Waals surface area (Å²) in [6.07, 6.45) is 8.79. The number of nitrogens with one attached hydrogen (secondary N) is 1. The molecule has 6 heteroatoms. The lowest BCUT2D eigenvalue weighted by atomic mass is 9.57. The van der Waals surface area contributed by atoms with Gasteiger partial charge in [0.05, 0.1) is 0 Å². The van der Waals surface area contributed by atoms with Crippen molar-refractivity contribution in [1.82, 2.24) is 15.2 Å². The van der Waals surface area contributed by atoms with Gasteiger partial charge in [-0.2, -0.15) is 0 Å². The molecule has 2 amide bonds. The normalized spacial score (nSPS) is 26.0. The Morgan fingerprint density at radius 3 is 2.62 bits per heavy atom. The molecule has 0 aromatic carbocycles. The van der Waals surface area contributed by atoms with E-state index in [-0.39, 0.29) is 17.9 Å². The van der Waals surface area contributed by atoms with Gasteiger partial charge in [0, 0.05) is 37.9 Å². The fourth-order valence-corrected chi connectivity index (χ4v) is 5.03. The number of aromatic nitrogens is 1. The van der Waals surface area contributed by atoms with Crippen molar-refractivity contribution in [1.29, 1.82) is 0 Å². The highest BCUT2D eigenvalue weighted by Gasteiger charge is 2.48. The van der Waals surface area contributed by atoms with E-state index in [4.69, 9.17) is 4.74 Å². The second kappa shape index (κ2) is 7.62. The summed E-state index contributed by atoms with van der Waals surface area (Å²) in [6.45, 7) is 8.06. The van der Waals surface area contributed by atoms with Crippen LogP contribution in [0.3, 0.4) is 0 Å². The van der Waals surface area contributed by atoms with E-state index in [0.717, 1.165) is 51.7 Å². The van der Waals surface area contributed by atoms with Crippen LogP contribution in [0.4, 0.5) is 4.79 Å². The van der Waals surface area contributed by atoms with Crippen molar-refractivity contribution in [3.63, 3.8) is 0 Å². The van der Waals surface area contributed by atoms with Crippen molar-refractivity contribution in [2.75, 3.05) is 19.6 Å². The summed E-state index contributed by atoms with van der Waals surface area (Å²) in [4.78, 5) is 30.7. The summed E-state index contributed by atoms with van der Waals surface area (Å²) in [6, 6.07) is 3.99. The summed E-state index contributed by atoms with van der Waals surface area (Å²) < 4.78 is 5.49. The lowest BCUT2D eigenvalue weighted by Gasteiger charge is -2.52. The van der Waals surface area contributed by atoms with Crippen LogP contribution in [0, 0.1) is 17.3 Å². The number of amides is 2. The van der Waals surface area contributed by atoms with Gasteiger partial charge in [-0.05, 0) is 81.8 Å². The summed E-state index contributed by atoms with van der Waals surface area (Å²) in [5.74, 6) is 1.22. The van der Waals surface area contributed by atoms with Crippen LogP contribution in [0.1, 0.15) is 64.4 Å². The number of piperidine rings is 1. The maximum Gasteiger partial charge on any atom is 0.410 e. The molecule has 2 saturated carbocycles. The van der Waals surface area contributed by atoms with Gasteiger partial charge in [0.2, 0.25) is 5.91 Å². The van der Waals surface area contributed by atoms with Gasteiger partial charge < -0.3 is 15.0 Å². The van der Waals surface area contributed by atoms with E-state index in [2.05, 4.69) is 16.4 Å². The van der Waals surface area contributed by atoms with Crippen LogP contribution >= 0.6 is 0 Å². The van der Waals surface area contributed by atoms with Crippen molar-refractivity contribution in [3.8, 4) is 0 Å². The largest absolute Gasteiger partial charge is 0.444 e. The van der Waals surface area contributed by atoms with Crippen molar-refractivity contribution < 1.29 is 14.3 Å². The van der Waals surface area contributed by atoms with Gasteiger partial charge in [0.15, 0.2) is 0 Å². The highest BCUT2D eigenvalue weighted by Crippen LogP contribution is 2.52. The maximum atomic E-state index is 12.4. The average Bonchev–Trinajstić information content (AvgIpc) is 3.45. The predicted molar refractivity (Wildman–Crippen MR) is 110 cm³/mol. The third kappa shape index (κ3) is 4.73. The average molecular weight is 400 g/mol. The zero-order valence-corrected chi connectivity index (χ0v) is 17.8. The topological polar surface area (TPSA) is 71.5 Å². The summed E-state index contributed by atoms with van der Waals surface area (Å²) in [5, 5.41) is 3.18. The van der Waals surface area contributed by atoms with E-state index >= 15 is 0 Å². The van der Waals surface area contributed by atoms with E-state index < -0.39 is 5.60 Å². The lowest BCUT2D eigenvalue weighted by molar-refractivity contribution is -0.123. The number of hydrogen-bond donors (Lipinski definition) is 1. The monoisotopic (exact) mass is 399 g/mol. The van der Waals surface area contributed by atoms with Gasteiger partial charge in [-0.1, -0.05) is 6.07 Å². The first-order valence-corrected chi connectivity index (χ1v) is 10.9. The zero-order valence-electron chi connectivity index (χ0n) is 17.8. The molecule has 2 aliphatic carbocycles. The van der Waals surface area contributed by atoms with E-state index in [1.807, 2.05) is 37.9 Å². The number of pyridine rings is 1. The van der Waals surface area contributed by atoms with Gasteiger partial charge in [0.25, 0.3) is 0 Å². The molecule has 1 aromatic heterocycles. The van der Waals surface area contributed by atoms with Gasteiger partial charge >= 0.3 is 6.09 Å². The Balaban J connectivity index is 1.15. The van der Waals surface area contributed by atoms with Gasteiger partial charge in [-0.15, -0.1) is 0 Å². The first-order chi connectivity index (χ1) is 13.7. The Kier molecular flexibility index (Phi) is 5.30. The van der Waals surface area contributed by atoms with Crippen LogP contribution in [-0.2, 0) is 9.53 Å². The fraction of sp³-hybridized carbons (Fsp3) is 0.696. The maximum absolute atomic E-state index is 12.4. The molecule has 1 aliphatic heterocycles. The minimum Gasteiger partial charge on any atom is -0.444 e. The molecule has 1 saturated heterocycles. The second-order valence-electron chi connectivity index (χ2n) is 10.2. The minimum absolute atomic E-state index is 0.116. The zero-order chi connectivity index (χ0) is 20.6. The van der Waals surface area contributed by atoms with Crippen molar-refractivity contribution >= 4 is 12.0 Å². The molecular weight excluding hydrogens is 366 g/mol. The smallest absolute Gasteiger partial charge is 0.410 e. The number of nitrogens with zero attached hydrogens (tertiary/aromatic N) is 2. The molecule has 0 bridgehead atoms. The molecule has 29 heavy (non-hydrogen) atoms. The highest BCUT2D eigenvalue weighted by molar-refractivity contribution is 5.82. The molecule has 1 spiro atoms. The first-order valence-electron chi connectivity index (χ1n) is 10.9. The number of hydrogen-bond acceptors (Lipinski definition) is 4. The molecule has 158 valence electrons. The van der Waals surface area contributed by atoms with E-state index in [1.54, 1.807) is 6.20 Å². The fourth-order valence-electron chi connectivity index (χ4n) is 5.03. The lowest BCUT2D eigenvalue weighted by Crippen LogP contribution is -2.51. The minimum atomic E-state index is -0.441. The molecule has 3 aliphatic rings. The highest BCUT2D eigenvalue weighted by atomic mass is 16.6. The Labute approximate surface area is 173 Å². The number of carbonyl (C=O) groups is 2. The third-order valence-corrected chi connectivity index (χ3v) is 6.72. The van der Waals surface area contributed by atoms with Gasteiger partial charge in [0.1, 0.15) is 5.60 Å². The molecule has 1 N–H and O–H groups in total. The third-order valence-electron chi connectivity index (χ3n) is 6.72. The predicted octanol–water partition coefficient (Wildman–Crippen LogP) is 3.73. The molecule has 6 nitrogen and oxygen atoms in total. The first kappa shape index (κ1) is 20.2. The standard InChI is InChI=1S/C23H33N3O3/c1-22(2,3)29-21(28)26-9-6-23(7-10-26)12-16(13-23)14-25-20(27)19-11-18(19)17-5-4-8-24-15-17/h4-5,8,15-16,18-19H,6-7,9-14H2,1-3H3,(H,25,27). The molecule has 3 fully saturated rings. The summed E-state index contributed by atoms with van der Waals surface area (Å²) >= 11 is 0. The van der Waals surface area contributed by atoms with Crippen molar-refractivity contribution in [3.05, 3.63) is 30.1 Å². The molecule has 4 rings (SSSR count). The van der Waals surface area contributed by atoms with Crippen LogP contribution in [0.25, 0.3) is 0 Å². The van der Waals surface area contributed by atoms with Crippen LogP contribution in [-0.4, -0.2) is 47.1 Å². The number of rotatable bonds is 4. The Hall–Kier alpha value is -2.11. The Bertz CT molecular complexity index is 742. The number of likely N-dealkylation sites (tertiary alicyclic amines) is 1. The SMILES string of the molecule is CC(C)(C)OC(=O)N1CCC2(CC1)CC(CNC(=O)C1CC1c1cccnc1)C2. The number of carbonyl (C=O) groups excluding carboxylic acids is 2. The van der Waals surface area contributed by atoms with Crippen LogP contribution < -0.4 is 5.32 Å². The van der Waals surface area contributed by atoms with Crippen LogP contribution in [0.15, 0.2) is 24.5 Å². The molecule has 2 atom stereocenters. The Morgan fingerprint density at radius 1 is 1.28 bits per heavy atom. The van der Waals surface area contributed by atoms with Crippen LogP contribution in [0.5, 0.6) is 0 Å². The second-order valence-corrected chi connectivity index (χ2v) is 10.2. The Morgan fingerprint density at radius 2 is 2.00 bits per heavy atom. The van der Waals surface area contributed by atoms with E-state index in [1.165, 1.54) is 5.56 Å². The van der Waals surface area contributed by atoms with E-state index in [0.29, 0.717) is 17.3 Å². The van der Waals surface area contributed by atoms with Gasteiger partial charge in [-0.3, -0.25) is 9.78 Å². The molecule has 0 radical (unpaired) electrons. The van der Waals surface area contributed by atoms with Crippen LogP contribution in [0.2, 0.25) is 0 Å². The van der Waals surface area contributed by atoms with Crippen molar-refractivity contribution in [2.24, 2.45) is 17.3 Å². The molecule has 2 unspecified atom stereocenters. The molecule has 1 aromatic rings. The quantitative estimate of drug-likeness (QED) is 0.837. The summed E-state index contributed by atoms with van der Waals surface area (Å²) in [7, 11) is 0. The summed E-state index contributed by atoms with van der Waals surface area (Å²) in [5.41, 5.74) is 1.10. The van der Waals surface area contributed by atoms with E-state index in [9.17, 15) is 9.59 Å².